The third-order valence-electron chi connectivity index (χ3n) is 6.38. The summed E-state index contributed by atoms with van der Waals surface area (Å²) in [5, 5.41) is 8.26. The van der Waals surface area contributed by atoms with Crippen LogP contribution < -0.4 is 5.32 Å². The molecular formula is C29H21N5O3. The third-order valence-corrected chi connectivity index (χ3v) is 6.38. The molecule has 8 heteroatoms. The van der Waals surface area contributed by atoms with Crippen LogP contribution in [-0.2, 0) is 6.54 Å². The molecule has 0 spiro atoms. The highest BCUT2D eigenvalue weighted by Gasteiger charge is 2.36. The van der Waals surface area contributed by atoms with Gasteiger partial charge in [0, 0.05) is 10.9 Å². The zero-order chi connectivity index (χ0) is 25.5. The van der Waals surface area contributed by atoms with Crippen LogP contribution in [-0.4, -0.2) is 37.4 Å². The van der Waals surface area contributed by atoms with Crippen molar-refractivity contribution in [3.05, 3.63) is 119 Å². The Kier molecular flexibility index (Phi) is 5.34. The first-order valence-corrected chi connectivity index (χ1v) is 11.8. The molecule has 1 N–H and O–H groups in total. The van der Waals surface area contributed by atoms with Gasteiger partial charge in [0.1, 0.15) is 0 Å². The number of aryl methyl sites for hydroxylation is 1. The van der Waals surface area contributed by atoms with Crippen molar-refractivity contribution in [1.82, 2.24) is 19.7 Å². The Labute approximate surface area is 212 Å². The standard InChI is InChI=1S/C29H21N5O3/c1-18-24-15-21(16-30-26(24)34(32-18)22-10-6-3-7-11-22)31-27(35)20-12-13-23-25(14-20)29(37)33(28(23)36)17-19-8-4-2-5-9-19/h2-16H,17H2,1H3,(H,31,35). The Balaban J connectivity index is 1.24. The Hall–Kier alpha value is -5.11. The Morgan fingerprint density at radius 3 is 2.32 bits per heavy atom. The number of anilines is 1. The van der Waals surface area contributed by atoms with Gasteiger partial charge in [0.05, 0.1) is 40.9 Å². The molecule has 0 radical (unpaired) electrons. The highest BCUT2D eigenvalue weighted by atomic mass is 16.2. The number of hydrogen-bond donors (Lipinski definition) is 1. The van der Waals surface area contributed by atoms with Crippen molar-refractivity contribution < 1.29 is 14.4 Å². The lowest BCUT2D eigenvalue weighted by molar-refractivity contribution is 0.0642. The van der Waals surface area contributed by atoms with E-state index in [2.05, 4.69) is 15.4 Å². The van der Waals surface area contributed by atoms with Gasteiger partial charge >= 0.3 is 0 Å². The molecule has 0 aliphatic carbocycles. The zero-order valence-corrected chi connectivity index (χ0v) is 19.9. The van der Waals surface area contributed by atoms with Gasteiger partial charge in [-0.25, -0.2) is 9.67 Å². The summed E-state index contributed by atoms with van der Waals surface area (Å²) >= 11 is 0. The molecule has 0 atom stereocenters. The molecule has 0 saturated heterocycles. The van der Waals surface area contributed by atoms with Crippen LogP contribution in [0.25, 0.3) is 16.7 Å². The van der Waals surface area contributed by atoms with Gasteiger partial charge in [-0.1, -0.05) is 48.5 Å². The highest BCUT2D eigenvalue weighted by Crippen LogP contribution is 2.27. The number of pyridine rings is 1. The SMILES string of the molecule is Cc1nn(-c2ccccc2)c2ncc(NC(=O)c3ccc4c(c3)C(=O)N(Cc3ccccc3)C4=O)cc12. The Morgan fingerprint density at radius 1 is 0.865 bits per heavy atom. The minimum absolute atomic E-state index is 0.177. The molecule has 0 bridgehead atoms. The molecule has 0 fully saturated rings. The number of imide groups is 1. The summed E-state index contributed by atoms with van der Waals surface area (Å²) in [6.07, 6.45) is 1.57. The van der Waals surface area contributed by atoms with Crippen LogP contribution in [0.4, 0.5) is 5.69 Å². The highest BCUT2D eigenvalue weighted by molar-refractivity contribution is 6.22. The van der Waals surface area contributed by atoms with E-state index >= 15 is 0 Å². The normalized spacial score (nSPS) is 12.7. The monoisotopic (exact) mass is 487 g/mol. The van der Waals surface area contributed by atoms with E-state index in [1.807, 2.05) is 73.7 Å². The fourth-order valence-electron chi connectivity index (χ4n) is 4.51. The van der Waals surface area contributed by atoms with E-state index < -0.39 is 11.8 Å². The number of carbonyl (C=O) groups excluding carboxylic acids is 3. The number of fused-ring (bicyclic) bond motifs is 2. The number of rotatable bonds is 5. The van der Waals surface area contributed by atoms with Gasteiger partial charge in [-0.3, -0.25) is 19.3 Å². The molecule has 180 valence electrons. The number of amides is 3. The lowest BCUT2D eigenvalue weighted by Gasteiger charge is -2.13. The number of hydrogen-bond acceptors (Lipinski definition) is 5. The summed E-state index contributed by atoms with van der Waals surface area (Å²) in [6.45, 7) is 2.07. The third kappa shape index (κ3) is 3.94. The van der Waals surface area contributed by atoms with Crippen LogP contribution >= 0.6 is 0 Å². The first kappa shape index (κ1) is 22.4. The smallest absolute Gasteiger partial charge is 0.261 e. The molecule has 1 aliphatic heterocycles. The summed E-state index contributed by atoms with van der Waals surface area (Å²) in [5.41, 5.74) is 4.50. The fraction of sp³-hybridized carbons (Fsp3) is 0.0690. The molecule has 2 aromatic heterocycles. The largest absolute Gasteiger partial charge is 0.321 e. The zero-order valence-electron chi connectivity index (χ0n) is 19.9. The molecule has 37 heavy (non-hydrogen) atoms. The minimum atomic E-state index is -0.412. The fourth-order valence-corrected chi connectivity index (χ4v) is 4.51. The number of nitrogens with zero attached hydrogens (tertiary/aromatic N) is 4. The van der Waals surface area contributed by atoms with Crippen molar-refractivity contribution in [3.63, 3.8) is 0 Å². The van der Waals surface area contributed by atoms with Crippen LogP contribution in [0, 0.1) is 6.92 Å². The maximum absolute atomic E-state index is 13.1. The average Bonchev–Trinajstić information content (AvgIpc) is 3.38. The van der Waals surface area contributed by atoms with Crippen molar-refractivity contribution in [2.24, 2.45) is 0 Å². The van der Waals surface area contributed by atoms with Crippen molar-refractivity contribution in [1.29, 1.82) is 0 Å². The summed E-state index contributed by atoms with van der Waals surface area (Å²) in [7, 11) is 0. The lowest BCUT2D eigenvalue weighted by Crippen LogP contribution is -2.29. The summed E-state index contributed by atoms with van der Waals surface area (Å²) in [5.74, 6) is -1.18. The van der Waals surface area contributed by atoms with E-state index in [1.54, 1.807) is 16.9 Å². The van der Waals surface area contributed by atoms with Gasteiger partial charge in [0.25, 0.3) is 17.7 Å². The van der Waals surface area contributed by atoms with Gasteiger partial charge in [-0.2, -0.15) is 5.10 Å². The predicted molar refractivity (Wildman–Crippen MR) is 139 cm³/mol. The van der Waals surface area contributed by atoms with Crippen LogP contribution in [0.3, 0.4) is 0 Å². The van der Waals surface area contributed by atoms with E-state index in [1.165, 1.54) is 17.0 Å². The molecule has 6 rings (SSSR count). The molecule has 3 heterocycles. The summed E-state index contributed by atoms with van der Waals surface area (Å²) in [6, 6.07) is 25.4. The summed E-state index contributed by atoms with van der Waals surface area (Å²) < 4.78 is 1.76. The maximum Gasteiger partial charge on any atom is 0.261 e. The molecule has 8 nitrogen and oxygen atoms in total. The van der Waals surface area contributed by atoms with Crippen LogP contribution in [0.15, 0.2) is 91.1 Å². The average molecular weight is 488 g/mol. The van der Waals surface area contributed by atoms with Gasteiger partial charge in [-0.05, 0) is 48.9 Å². The molecule has 3 aromatic carbocycles. The van der Waals surface area contributed by atoms with E-state index in [4.69, 9.17) is 0 Å². The van der Waals surface area contributed by atoms with Gasteiger partial charge in [0.15, 0.2) is 5.65 Å². The van der Waals surface area contributed by atoms with Crippen LogP contribution in [0.2, 0.25) is 0 Å². The van der Waals surface area contributed by atoms with Gasteiger partial charge in [0.2, 0.25) is 0 Å². The number of benzene rings is 3. The number of nitrogens with one attached hydrogen (secondary N) is 1. The van der Waals surface area contributed by atoms with Crippen LogP contribution in [0.5, 0.6) is 0 Å². The molecule has 5 aromatic rings. The summed E-state index contributed by atoms with van der Waals surface area (Å²) in [4.78, 5) is 44.6. The number of carbonyl (C=O) groups is 3. The minimum Gasteiger partial charge on any atom is -0.321 e. The first-order chi connectivity index (χ1) is 18.0. The maximum atomic E-state index is 13.1. The molecule has 0 saturated carbocycles. The Morgan fingerprint density at radius 2 is 1.57 bits per heavy atom. The number of para-hydroxylation sites is 1. The molecule has 3 amide bonds. The quantitative estimate of drug-likeness (QED) is 0.360. The molecule has 0 unspecified atom stereocenters. The van der Waals surface area contributed by atoms with E-state index in [0.29, 0.717) is 16.9 Å². The topological polar surface area (TPSA) is 97.2 Å². The van der Waals surface area contributed by atoms with Crippen molar-refractivity contribution in [2.45, 2.75) is 13.5 Å². The first-order valence-electron chi connectivity index (χ1n) is 11.8. The second-order valence-electron chi connectivity index (χ2n) is 8.82. The van der Waals surface area contributed by atoms with Crippen molar-refractivity contribution in [3.8, 4) is 5.69 Å². The number of aromatic nitrogens is 3. The Bertz CT molecular complexity index is 1690. The van der Waals surface area contributed by atoms with Gasteiger partial charge in [-0.15, -0.1) is 0 Å². The lowest BCUT2D eigenvalue weighted by atomic mass is 10.1. The predicted octanol–water partition coefficient (Wildman–Crippen LogP) is 4.78. The van der Waals surface area contributed by atoms with Crippen molar-refractivity contribution in [2.75, 3.05) is 5.32 Å². The molecular weight excluding hydrogens is 466 g/mol. The second kappa shape index (κ2) is 8.83. The molecule has 1 aliphatic rings. The second-order valence-corrected chi connectivity index (χ2v) is 8.82. The van der Waals surface area contributed by atoms with E-state index in [0.717, 1.165) is 22.3 Å². The van der Waals surface area contributed by atoms with Crippen LogP contribution in [0.1, 0.15) is 42.3 Å². The van der Waals surface area contributed by atoms with E-state index in [9.17, 15) is 14.4 Å². The van der Waals surface area contributed by atoms with Gasteiger partial charge < -0.3 is 5.32 Å². The van der Waals surface area contributed by atoms with Crippen molar-refractivity contribution >= 4 is 34.4 Å². The van der Waals surface area contributed by atoms with E-state index in [-0.39, 0.29) is 23.6 Å².